The molecular weight excluding hydrogens is 572 g/mol. The molecule has 232 valence electrons. The molecule has 12 nitrogen and oxygen atoms in total. The average Bonchev–Trinajstić information content (AvgIpc) is 3.70. The molecule has 0 saturated carbocycles. The molecule has 0 radical (unpaired) electrons. The van der Waals surface area contributed by atoms with Crippen molar-refractivity contribution in [2.45, 2.75) is 46.1 Å². The van der Waals surface area contributed by atoms with E-state index in [0.717, 1.165) is 50.4 Å². The van der Waals surface area contributed by atoms with Crippen molar-refractivity contribution in [1.29, 1.82) is 0 Å². The van der Waals surface area contributed by atoms with E-state index in [9.17, 15) is 14.7 Å². The second-order valence-corrected chi connectivity index (χ2v) is 12.4. The lowest BCUT2D eigenvalue weighted by Crippen LogP contribution is -2.48. The lowest BCUT2D eigenvalue weighted by molar-refractivity contribution is 0.0895. The number of carbonyl (C=O) groups excluding carboxylic acids is 1. The molecule has 1 aliphatic rings. The highest BCUT2D eigenvalue weighted by Gasteiger charge is 2.25. The Kier molecular flexibility index (Phi) is 7.73. The minimum atomic E-state index is -0.869. The summed E-state index contributed by atoms with van der Waals surface area (Å²) >= 11 is 0. The van der Waals surface area contributed by atoms with Crippen molar-refractivity contribution in [3.05, 3.63) is 77.7 Å². The van der Waals surface area contributed by atoms with Gasteiger partial charge in [0.15, 0.2) is 5.82 Å². The Labute approximate surface area is 260 Å². The Balaban J connectivity index is 1.18. The SMILES string of the molecule is Cc1cc(-c2ncnc3[nH]c(-c4ccc(N5CCN(C(=O)O)CC5)cc4)cc23)ccc1C(C)NC(=O)c1nc(C(C)(C)C)no1. The maximum absolute atomic E-state index is 12.8. The van der Waals surface area contributed by atoms with Gasteiger partial charge in [0, 0.05) is 53.9 Å². The summed E-state index contributed by atoms with van der Waals surface area (Å²) in [7, 11) is 0. The van der Waals surface area contributed by atoms with E-state index >= 15 is 0 Å². The largest absolute Gasteiger partial charge is 0.465 e. The molecule has 0 aliphatic carbocycles. The molecule has 2 aromatic carbocycles. The molecule has 3 aromatic heterocycles. The van der Waals surface area contributed by atoms with Gasteiger partial charge < -0.3 is 29.7 Å². The number of anilines is 1. The Hall–Kier alpha value is -5.26. The lowest BCUT2D eigenvalue weighted by atomic mass is 9.96. The summed E-state index contributed by atoms with van der Waals surface area (Å²) in [4.78, 5) is 44.5. The summed E-state index contributed by atoms with van der Waals surface area (Å²) in [5.74, 6) is 0.0103. The lowest BCUT2D eigenvalue weighted by Gasteiger charge is -2.34. The van der Waals surface area contributed by atoms with Crippen LogP contribution in [0.2, 0.25) is 0 Å². The summed E-state index contributed by atoms with van der Waals surface area (Å²) in [6.45, 7) is 12.1. The van der Waals surface area contributed by atoms with E-state index in [1.165, 1.54) is 4.90 Å². The number of nitrogens with zero attached hydrogens (tertiary/aromatic N) is 6. The normalized spacial score (nSPS) is 14.5. The number of benzene rings is 2. The topological polar surface area (TPSA) is 153 Å². The number of piperazine rings is 1. The molecule has 0 spiro atoms. The highest BCUT2D eigenvalue weighted by atomic mass is 16.5. The van der Waals surface area contributed by atoms with Crippen LogP contribution >= 0.6 is 0 Å². The molecule has 1 atom stereocenters. The molecule has 3 N–H and O–H groups in total. The van der Waals surface area contributed by atoms with Gasteiger partial charge in [-0.1, -0.05) is 50.2 Å². The zero-order valence-corrected chi connectivity index (χ0v) is 26.0. The zero-order valence-electron chi connectivity index (χ0n) is 26.0. The van der Waals surface area contributed by atoms with Crippen molar-refractivity contribution in [2.75, 3.05) is 31.1 Å². The zero-order chi connectivity index (χ0) is 31.9. The highest BCUT2D eigenvalue weighted by Crippen LogP contribution is 2.32. The van der Waals surface area contributed by atoms with Gasteiger partial charge in [-0.15, -0.1) is 0 Å². The predicted molar refractivity (Wildman–Crippen MR) is 170 cm³/mol. The fourth-order valence-electron chi connectivity index (χ4n) is 5.60. The third-order valence-corrected chi connectivity index (χ3v) is 8.17. The molecule has 1 saturated heterocycles. The van der Waals surface area contributed by atoms with Crippen LogP contribution in [0.4, 0.5) is 10.5 Å². The van der Waals surface area contributed by atoms with Crippen LogP contribution in [-0.2, 0) is 5.41 Å². The molecule has 2 amide bonds. The molecule has 0 bridgehead atoms. The van der Waals surface area contributed by atoms with Gasteiger partial charge in [0.2, 0.25) is 0 Å². The van der Waals surface area contributed by atoms with E-state index in [-0.39, 0.29) is 17.3 Å². The molecule has 1 unspecified atom stereocenters. The number of carboxylic acid groups (broad SMARTS) is 1. The van der Waals surface area contributed by atoms with Crippen molar-refractivity contribution >= 4 is 28.7 Å². The maximum atomic E-state index is 12.8. The number of aryl methyl sites for hydroxylation is 1. The monoisotopic (exact) mass is 608 g/mol. The first kappa shape index (κ1) is 29.8. The minimum Gasteiger partial charge on any atom is -0.465 e. The van der Waals surface area contributed by atoms with E-state index in [1.54, 1.807) is 6.33 Å². The van der Waals surface area contributed by atoms with Crippen molar-refractivity contribution < 1.29 is 19.2 Å². The summed E-state index contributed by atoms with van der Waals surface area (Å²) in [5, 5.41) is 17.0. The Morgan fingerprint density at radius 2 is 1.71 bits per heavy atom. The second-order valence-electron chi connectivity index (χ2n) is 12.4. The molecule has 6 rings (SSSR count). The van der Waals surface area contributed by atoms with Crippen LogP contribution in [0.5, 0.6) is 0 Å². The van der Waals surface area contributed by atoms with E-state index < -0.39 is 12.0 Å². The van der Waals surface area contributed by atoms with Crippen LogP contribution < -0.4 is 10.2 Å². The fraction of sp³-hybridized carbons (Fsp3) is 0.333. The van der Waals surface area contributed by atoms with Crippen LogP contribution in [0, 0.1) is 6.92 Å². The molecule has 1 fully saturated rings. The Morgan fingerprint density at radius 1 is 1.00 bits per heavy atom. The minimum absolute atomic E-state index is 0.0547. The number of rotatable bonds is 6. The highest BCUT2D eigenvalue weighted by molar-refractivity contribution is 5.94. The van der Waals surface area contributed by atoms with Crippen molar-refractivity contribution in [3.63, 3.8) is 0 Å². The molecule has 12 heteroatoms. The Bertz CT molecular complexity index is 1860. The van der Waals surface area contributed by atoms with E-state index in [4.69, 9.17) is 4.52 Å². The van der Waals surface area contributed by atoms with Gasteiger partial charge in [-0.2, -0.15) is 4.98 Å². The smallest absolute Gasteiger partial charge is 0.407 e. The average molecular weight is 609 g/mol. The van der Waals surface area contributed by atoms with E-state index in [1.807, 2.05) is 46.8 Å². The number of aromatic nitrogens is 5. The predicted octanol–water partition coefficient (Wildman–Crippen LogP) is 5.57. The second kappa shape index (κ2) is 11.7. The quantitative estimate of drug-likeness (QED) is 0.224. The van der Waals surface area contributed by atoms with Gasteiger partial charge in [0.05, 0.1) is 11.7 Å². The molecular formula is C33H36N8O4. The van der Waals surface area contributed by atoms with E-state index in [0.29, 0.717) is 32.0 Å². The number of fused-ring (bicyclic) bond motifs is 1. The molecule has 5 aromatic rings. The molecule has 4 heterocycles. The van der Waals surface area contributed by atoms with Crippen LogP contribution in [0.25, 0.3) is 33.5 Å². The van der Waals surface area contributed by atoms with E-state index in [2.05, 4.69) is 71.7 Å². The van der Waals surface area contributed by atoms with Gasteiger partial charge in [-0.25, -0.2) is 14.8 Å². The number of carbonyl (C=O) groups is 2. The third-order valence-electron chi connectivity index (χ3n) is 8.17. The number of aromatic amines is 1. The van der Waals surface area contributed by atoms with Crippen LogP contribution in [0.3, 0.4) is 0 Å². The first-order valence-electron chi connectivity index (χ1n) is 14.9. The third kappa shape index (κ3) is 6.08. The summed E-state index contributed by atoms with van der Waals surface area (Å²) in [5.41, 5.74) is 7.13. The maximum Gasteiger partial charge on any atom is 0.407 e. The number of hydrogen-bond acceptors (Lipinski definition) is 8. The van der Waals surface area contributed by atoms with Crippen molar-refractivity contribution in [2.24, 2.45) is 0 Å². The molecule has 1 aliphatic heterocycles. The fourth-order valence-corrected chi connectivity index (χ4v) is 5.60. The first-order chi connectivity index (χ1) is 21.5. The van der Waals surface area contributed by atoms with Gasteiger partial charge >= 0.3 is 17.9 Å². The summed E-state index contributed by atoms with van der Waals surface area (Å²) < 4.78 is 5.20. The van der Waals surface area contributed by atoms with Crippen LogP contribution in [0.15, 0.2) is 59.4 Å². The standard InChI is InChI=1S/C33H36N8O4/c1-19-16-22(8-11-24(19)20(2)36-29(42)30-38-31(39-45-30)33(3,4)5)27-25-17-26(37-28(25)35-18-34-27)21-6-9-23(10-7-21)40-12-14-41(15-13-40)32(43)44/h6-11,16-18,20H,12-15H2,1-5H3,(H,36,42)(H,43,44)(H,34,35,37). The van der Waals surface area contributed by atoms with Gasteiger partial charge in [0.25, 0.3) is 0 Å². The summed E-state index contributed by atoms with van der Waals surface area (Å²) in [6.07, 6.45) is 0.687. The number of amides is 2. The summed E-state index contributed by atoms with van der Waals surface area (Å²) in [6, 6.07) is 16.1. The van der Waals surface area contributed by atoms with Gasteiger partial charge in [0.1, 0.15) is 12.0 Å². The molecule has 45 heavy (non-hydrogen) atoms. The number of H-pyrrole nitrogens is 1. The van der Waals surface area contributed by atoms with Crippen LogP contribution in [-0.4, -0.2) is 73.3 Å². The van der Waals surface area contributed by atoms with Crippen LogP contribution in [0.1, 0.15) is 61.4 Å². The number of hydrogen-bond donors (Lipinski definition) is 3. The number of nitrogens with one attached hydrogen (secondary N) is 2. The first-order valence-corrected chi connectivity index (χ1v) is 14.9. The van der Waals surface area contributed by atoms with Gasteiger partial charge in [-0.05, 0) is 54.8 Å². The van der Waals surface area contributed by atoms with Crippen molar-refractivity contribution in [3.8, 4) is 22.5 Å². The Morgan fingerprint density at radius 3 is 2.36 bits per heavy atom. The van der Waals surface area contributed by atoms with Crippen molar-refractivity contribution in [1.82, 2.24) is 35.3 Å². The van der Waals surface area contributed by atoms with Gasteiger partial charge in [-0.3, -0.25) is 4.79 Å².